The van der Waals surface area contributed by atoms with E-state index in [1.165, 1.54) is 5.57 Å². The van der Waals surface area contributed by atoms with Crippen LogP contribution in [0.1, 0.15) is 58.8 Å². The van der Waals surface area contributed by atoms with Crippen LogP contribution in [0.15, 0.2) is 11.6 Å². The lowest BCUT2D eigenvalue weighted by molar-refractivity contribution is -0.183. The third-order valence-electron chi connectivity index (χ3n) is 8.76. The molecule has 3 N–H and O–H groups in total. The van der Waals surface area contributed by atoms with Crippen LogP contribution in [0.3, 0.4) is 0 Å². The summed E-state index contributed by atoms with van der Waals surface area (Å²) in [5.74, 6) is 0.207. The molecule has 2 bridgehead atoms. The number of allylic oxidation sites excluding steroid dienone is 1. The van der Waals surface area contributed by atoms with Crippen LogP contribution in [0, 0.1) is 28.1 Å². The lowest BCUT2D eigenvalue weighted by Gasteiger charge is -2.65. The monoisotopic (exact) mass is 334 g/mol. The zero-order valence-electron chi connectivity index (χ0n) is 14.8. The van der Waals surface area contributed by atoms with Gasteiger partial charge in [0.2, 0.25) is 0 Å². The fourth-order valence-electron chi connectivity index (χ4n) is 7.10. The first-order valence-electron chi connectivity index (χ1n) is 9.45. The maximum absolute atomic E-state index is 12.0. The van der Waals surface area contributed by atoms with Crippen LogP contribution < -0.4 is 0 Å². The summed E-state index contributed by atoms with van der Waals surface area (Å²) in [6.07, 6.45) is 8.58. The Balaban J connectivity index is 1.78. The average molecular weight is 334 g/mol. The maximum Gasteiger partial charge on any atom is 0.128 e. The fourth-order valence-corrected chi connectivity index (χ4v) is 7.10. The molecule has 0 aromatic rings. The van der Waals surface area contributed by atoms with E-state index < -0.39 is 17.1 Å². The molecule has 4 nitrogen and oxygen atoms in total. The van der Waals surface area contributed by atoms with Gasteiger partial charge in [-0.15, -0.1) is 0 Å². The van der Waals surface area contributed by atoms with E-state index >= 15 is 0 Å². The second-order valence-electron chi connectivity index (χ2n) is 9.39. The van der Waals surface area contributed by atoms with Gasteiger partial charge in [-0.1, -0.05) is 25.5 Å². The highest BCUT2D eigenvalue weighted by atomic mass is 16.3. The molecule has 0 heterocycles. The van der Waals surface area contributed by atoms with Gasteiger partial charge in [-0.3, -0.25) is 0 Å². The van der Waals surface area contributed by atoms with E-state index in [-0.39, 0.29) is 29.3 Å². The SMILES string of the molecule is C[C@@]1(C=O)[C@H](O)CC[C@@]2(C)[C@H]1CCC1=C[C@@H]3C[C@@]12CC[C@]3(O)CO. The molecule has 4 rings (SSSR count). The zero-order valence-corrected chi connectivity index (χ0v) is 14.8. The van der Waals surface area contributed by atoms with Gasteiger partial charge >= 0.3 is 0 Å². The molecule has 4 aliphatic carbocycles. The summed E-state index contributed by atoms with van der Waals surface area (Å²) in [5, 5.41) is 31.0. The Morgan fingerprint density at radius 1 is 1.25 bits per heavy atom. The van der Waals surface area contributed by atoms with Crippen molar-refractivity contribution in [3.63, 3.8) is 0 Å². The Labute approximate surface area is 144 Å². The minimum absolute atomic E-state index is 0.0164. The lowest BCUT2D eigenvalue weighted by Crippen LogP contribution is -2.62. The first-order valence-corrected chi connectivity index (χ1v) is 9.45. The smallest absolute Gasteiger partial charge is 0.128 e. The van der Waals surface area contributed by atoms with Crippen molar-refractivity contribution in [2.24, 2.45) is 28.1 Å². The van der Waals surface area contributed by atoms with Crippen molar-refractivity contribution < 1.29 is 20.1 Å². The zero-order chi connectivity index (χ0) is 17.4. The largest absolute Gasteiger partial charge is 0.393 e. The second-order valence-corrected chi connectivity index (χ2v) is 9.39. The van der Waals surface area contributed by atoms with E-state index in [9.17, 15) is 20.1 Å². The Bertz CT molecular complexity index is 600. The number of aliphatic hydroxyl groups is 3. The van der Waals surface area contributed by atoms with Gasteiger partial charge in [0, 0.05) is 5.92 Å². The molecule has 0 aromatic carbocycles. The summed E-state index contributed by atoms with van der Waals surface area (Å²) in [4.78, 5) is 12.0. The Hall–Kier alpha value is -0.710. The number of carbonyl (C=O) groups excluding carboxylic acids is 1. The van der Waals surface area contributed by atoms with Crippen LogP contribution in [0.4, 0.5) is 0 Å². The van der Waals surface area contributed by atoms with Crippen LogP contribution in [-0.4, -0.2) is 39.9 Å². The summed E-state index contributed by atoms with van der Waals surface area (Å²) in [7, 11) is 0. The molecule has 0 aliphatic heterocycles. The number of carbonyl (C=O) groups is 1. The topological polar surface area (TPSA) is 77.8 Å². The molecule has 4 aliphatic rings. The molecule has 3 fully saturated rings. The van der Waals surface area contributed by atoms with Gasteiger partial charge in [0.1, 0.15) is 6.29 Å². The molecule has 4 heteroatoms. The molecule has 134 valence electrons. The number of aliphatic hydroxyl groups excluding tert-OH is 2. The Kier molecular flexibility index (Phi) is 3.44. The molecule has 7 atom stereocenters. The molecule has 0 radical (unpaired) electrons. The van der Waals surface area contributed by atoms with Crippen LogP contribution in [-0.2, 0) is 4.79 Å². The van der Waals surface area contributed by atoms with E-state index in [1.807, 2.05) is 6.92 Å². The van der Waals surface area contributed by atoms with Crippen molar-refractivity contribution in [1.82, 2.24) is 0 Å². The minimum Gasteiger partial charge on any atom is -0.393 e. The second kappa shape index (κ2) is 4.93. The number of aldehydes is 1. The molecule has 0 saturated heterocycles. The van der Waals surface area contributed by atoms with Gasteiger partial charge in [0.05, 0.1) is 23.7 Å². The molecule has 1 spiro atoms. The van der Waals surface area contributed by atoms with E-state index in [4.69, 9.17) is 0 Å². The standard InChI is InChI=1S/C20H30O4/c1-17(11-21)15-4-3-13-9-14-10-19(13,7-8-20(14,24)12-22)18(15,2)6-5-16(17)23/h9,11,14-16,22-24H,3-8,10,12H2,1-2H3/t14-,15+,16-,17+,18+,19+,20+/m1/s1. The Morgan fingerprint density at radius 2 is 2.00 bits per heavy atom. The predicted octanol–water partition coefficient (Wildman–Crippen LogP) is 2.21. The highest BCUT2D eigenvalue weighted by Crippen LogP contribution is 2.73. The lowest BCUT2D eigenvalue weighted by atomic mass is 9.39. The van der Waals surface area contributed by atoms with Crippen molar-refractivity contribution in [2.45, 2.75) is 70.5 Å². The van der Waals surface area contributed by atoms with Crippen LogP contribution in [0.2, 0.25) is 0 Å². The summed E-state index contributed by atoms with van der Waals surface area (Å²) < 4.78 is 0. The normalized spacial score (nSPS) is 56.2. The van der Waals surface area contributed by atoms with Crippen molar-refractivity contribution >= 4 is 6.29 Å². The number of hydrogen-bond acceptors (Lipinski definition) is 4. The molecule has 0 amide bonds. The summed E-state index contributed by atoms with van der Waals surface area (Å²) in [6, 6.07) is 0. The first kappa shape index (κ1) is 16.7. The third-order valence-corrected chi connectivity index (χ3v) is 8.76. The fraction of sp³-hybridized carbons (Fsp3) is 0.850. The van der Waals surface area contributed by atoms with Crippen LogP contribution in [0.25, 0.3) is 0 Å². The molecule has 0 unspecified atom stereocenters. The first-order chi connectivity index (χ1) is 11.3. The molecular formula is C20H30O4. The van der Waals surface area contributed by atoms with Gasteiger partial charge in [0.15, 0.2) is 0 Å². The van der Waals surface area contributed by atoms with E-state index in [1.54, 1.807) is 0 Å². The van der Waals surface area contributed by atoms with Gasteiger partial charge in [0.25, 0.3) is 0 Å². The number of fused-ring (bicyclic) bond motifs is 2. The van der Waals surface area contributed by atoms with Gasteiger partial charge in [-0.05, 0) is 61.7 Å². The molecule has 24 heavy (non-hydrogen) atoms. The van der Waals surface area contributed by atoms with Crippen molar-refractivity contribution in [3.8, 4) is 0 Å². The summed E-state index contributed by atoms with van der Waals surface area (Å²) in [6.45, 7) is 4.09. The van der Waals surface area contributed by atoms with E-state index in [0.29, 0.717) is 12.8 Å². The van der Waals surface area contributed by atoms with Gasteiger partial charge in [-0.2, -0.15) is 0 Å². The van der Waals surface area contributed by atoms with Crippen LogP contribution in [0.5, 0.6) is 0 Å². The van der Waals surface area contributed by atoms with Crippen molar-refractivity contribution in [2.75, 3.05) is 6.61 Å². The summed E-state index contributed by atoms with van der Waals surface area (Å²) >= 11 is 0. The maximum atomic E-state index is 12.0. The average Bonchev–Trinajstić information content (AvgIpc) is 2.93. The van der Waals surface area contributed by atoms with E-state index in [2.05, 4.69) is 13.0 Å². The summed E-state index contributed by atoms with van der Waals surface area (Å²) in [5.41, 5.74) is -0.191. The van der Waals surface area contributed by atoms with Gasteiger partial charge < -0.3 is 20.1 Å². The van der Waals surface area contributed by atoms with Crippen LogP contribution >= 0.6 is 0 Å². The highest BCUT2D eigenvalue weighted by Gasteiger charge is 2.68. The van der Waals surface area contributed by atoms with E-state index in [0.717, 1.165) is 38.4 Å². The molecular weight excluding hydrogens is 304 g/mol. The molecule has 3 saturated carbocycles. The predicted molar refractivity (Wildman–Crippen MR) is 90.1 cm³/mol. The number of hydrogen-bond donors (Lipinski definition) is 3. The number of rotatable bonds is 2. The minimum atomic E-state index is -0.983. The Morgan fingerprint density at radius 3 is 2.67 bits per heavy atom. The highest BCUT2D eigenvalue weighted by molar-refractivity contribution is 5.62. The molecule has 0 aromatic heterocycles. The third kappa shape index (κ3) is 1.72. The van der Waals surface area contributed by atoms with Crippen molar-refractivity contribution in [1.29, 1.82) is 0 Å². The van der Waals surface area contributed by atoms with Gasteiger partial charge in [-0.25, -0.2) is 0 Å². The quantitative estimate of drug-likeness (QED) is 0.534. The van der Waals surface area contributed by atoms with Crippen molar-refractivity contribution in [3.05, 3.63) is 11.6 Å².